The van der Waals surface area contributed by atoms with Gasteiger partial charge in [0.2, 0.25) is 0 Å². The standard InChI is InChI=1S/C11H16N2O3.C3H8.H2/c1-2-3-12-8-9(11(15)10(8)14)13-4-6-16-7-5-13;1-3-2;/h12H,2-7H2,1H3;3H2,1-2H3;1H. The second kappa shape index (κ2) is 7.94. The van der Waals surface area contributed by atoms with Gasteiger partial charge in [0, 0.05) is 21.1 Å². The van der Waals surface area contributed by atoms with Crippen molar-refractivity contribution in [3.63, 3.8) is 0 Å². The molecule has 110 valence electrons. The third kappa shape index (κ3) is 3.80. The van der Waals surface area contributed by atoms with Crippen LogP contribution < -0.4 is 21.1 Å². The Morgan fingerprint density at radius 3 is 2.26 bits per heavy atom. The first-order valence-corrected chi connectivity index (χ1v) is 7.07. The van der Waals surface area contributed by atoms with Crippen molar-refractivity contribution >= 4 is 11.4 Å². The molecule has 0 bridgehead atoms. The summed E-state index contributed by atoms with van der Waals surface area (Å²) in [4.78, 5) is 24.8. The molecule has 1 heterocycles. The van der Waals surface area contributed by atoms with E-state index in [-0.39, 0.29) is 12.3 Å². The van der Waals surface area contributed by atoms with E-state index >= 15 is 0 Å². The molecule has 2 rings (SSSR count). The van der Waals surface area contributed by atoms with Gasteiger partial charge >= 0.3 is 0 Å². The maximum atomic E-state index is 11.5. The van der Waals surface area contributed by atoms with E-state index < -0.39 is 0 Å². The maximum absolute atomic E-state index is 11.5. The minimum absolute atomic E-state index is 0. The number of hydrogen-bond acceptors (Lipinski definition) is 5. The highest BCUT2D eigenvalue weighted by Gasteiger charge is 2.26. The fourth-order valence-electron chi connectivity index (χ4n) is 1.88. The number of ether oxygens (including phenoxy) is 1. The van der Waals surface area contributed by atoms with Crippen LogP contribution in [0.25, 0.3) is 0 Å². The molecule has 19 heavy (non-hydrogen) atoms. The molecule has 1 aromatic carbocycles. The van der Waals surface area contributed by atoms with Gasteiger partial charge in [0.05, 0.1) is 13.2 Å². The maximum Gasteiger partial charge on any atom is 0.253 e. The lowest BCUT2D eigenvalue weighted by Crippen LogP contribution is -2.47. The second-order valence-corrected chi connectivity index (χ2v) is 4.62. The molecule has 0 saturated carbocycles. The zero-order valence-electron chi connectivity index (χ0n) is 12.1. The van der Waals surface area contributed by atoms with Crippen LogP contribution in [-0.2, 0) is 4.74 Å². The summed E-state index contributed by atoms with van der Waals surface area (Å²) in [5, 5.41) is 3.02. The monoisotopic (exact) mass is 270 g/mol. The molecule has 0 atom stereocenters. The van der Waals surface area contributed by atoms with Crippen molar-refractivity contribution in [1.29, 1.82) is 0 Å². The summed E-state index contributed by atoms with van der Waals surface area (Å²) in [6.45, 7) is 9.60. The van der Waals surface area contributed by atoms with E-state index in [0.29, 0.717) is 37.7 Å². The molecule has 1 fully saturated rings. The van der Waals surface area contributed by atoms with Crippen molar-refractivity contribution in [1.82, 2.24) is 0 Å². The topological polar surface area (TPSA) is 58.6 Å². The van der Waals surface area contributed by atoms with Gasteiger partial charge < -0.3 is 15.0 Å². The molecule has 0 radical (unpaired) electrons. The van der Waals surface area contributed by atoms with Gasteiger partial charge in [-0.05, 0) is 6.42 Å². The Kier molecular flexibility index (Phi) is 6.56. The minimum atomic E-state index is -0.380. The normalized spacial score (nSPS) is 15.0. The van der Waals surface area contributed by atoms with Crippen LogP contribution in [0.4, 0.5) is 11.4 Å². The lowest BCUT2D eigenvalue weighted by Gasteiger charge is -2.30. The number of rotatable bonds is 4. The van der Waals surface area contributed by atoms with Crippen molar-refractivity contribution in [3.05, 3.63) is 20.4 Å². The molecule has 1 aliphatic rings. The van der Waals surface area contributed by atoms with Crippen LogP contribution in [0.3, 0.4) is 0 Å². The molecule has 0 unspecified atom stereocenters. The Bertz CT molecular complexity index is 449. The Morgan fingerprint density at radius 1 is 1.16 bits per heavy atom. The molecule has 0 spiro atoms. The SMILES string of the molecule is CCC.CCCNc1c(N2CCOCC2)c(=O)c1=O.[HH]. The molecule has 0 aliphatic carbocycles. The first kappa shape index (κ1) is 15.7. The number of nitrogens with one attached hydrogen (secondary N) is 1. The number of nitrogens with zero attached hydrogens (tertiary/aromatic N) is 1. The predicted molar refractivity (Wildman–Crippen MR) is 81.2 cm³/mol. The van der Waals surface area contributed by atoms with E-state index in [0.717, 1.165) is 13.0 Å². The number of morpholine rings is 1. The molecule has 5 heteroatoms. The minimum Gasteiger partial charge on any atom is -0.380 e. The van der Waals surface area contributed by atoms with E-state index in [1.54, 1.807) is 0 Å². The van der Waals surface area contributed by atoms with Crippen LogP contribution in [0.1, 0.15) is 35.0 Å². The highest BCUT2D eigenvalue weighted by Crippen LogP contribution is 2.20. The summed E-state index contributed by atoms with van der Waals surface area (Å²) in [6.07, 6.45) is 2.18. The van der Waals surface area contributed by atoms with Crippen LogP contribution >= 0.6 is 0 Å². The van der Waals surface area contributed by atoms with Crippen molar-refractivity contribution in [2.75, 3.05) is 43.1 Å². The van der Waals surface area contributed by atoms with Crippen molar-refractivity contribution in [2.24, 2.45) is 0 Å². The van der Waals surface area contributed by atoms with Gasteiger partial charge in [-0.3, -0.25) is 9.59 Å². The summed E-state index contributed by atoms with van der Waals surface area (Å²) in [5.74, 6) is 0. The van der Waals surface area contributed by atoms with E-state index in [1.165, 1.54) is 6.42 Å². The molecule has 1 aromatic rings. The van der Waals surface area contributed by atoms with Crippen molar-refractivity contribution in [3.8, 4) is 0 Å². The first-order chi connectivity index (χ1) is 9.17. The Labute approximate surface area is 115 Å². The Morgan fingerprint density at radius 2 is 1.74 bits per heavy atom. The fraction of sp³-hybridized carbons (Fsp3) is 0.714. The number of hydrogen-bond donors (Lipinski definition) is 1. The average Bonchev–Trinajstić information content (AvgIpc) is 2.44. The molecule has 0 amide bonds. The van der Waals surface area contributed by atoms with Crippen molar-refractivity contribution < 1.29 is 6.16 Å². The predicted octanol–water partition coefficient (Wildman–Crippen LogP) is 1.60. The van der Waals surface area contributed by atoms with Crippen LogP contribution in [-0.4, -0.2) is 32.8 Å². The quantitative estimate of drug-likeness (QED) is 0.842. The summed E-state index contributed by atoms with van der Waals surface area (Å²) in [5.41, 5.74) is 0.311. The Hall–Kier alpha value is -1.36. The van der Waals surface area contributed by atoms with Gasteiger partial charge in [0.1, 0.15) is 11.4 Å². The molecular weight excluding hydrogens is 244 g/mol. The molecule has 1 aliphatic heterocycles. The zero-order chi connectivity index (χ0) is 14.3. The lowest BCUT2D eigenvalue weighted by molar-refractivity contribution is 0.122. The van der Waals surface area contributed by atoms with Gasteiger partial charge in [0.15, 0.2) is 0 Å². The fourth-order valence-corrected chi connectivity index (χ4v) is 1.88. The van der Waals surface area contributed by atoms with Gasteiger partial charge in [0.25, 0.3) is 10.9 Å². The first-order valence-electron chi connectivity index (χ1n) is 7.07. The lowest BCUT2D eigenvalue weighted by atomic mass is 10.1. The summed E-state index contributed by atoms with van der Waals surface area (Å²) in [6, 6.07) is 0. The zero-order valence-corrected chi connectivity index (χ0v) is 12.1. The third-order valence-electron chi connectivity index (χ3n) is 2.76. The van der Waals surface area contributed by atoms with E-state index in [4.69, 9.17) is 4.74 Å². The van der Waals surface area contributed by atoms with E-state index in [2.05, 4.69) is 19.2 Å². The highest BCUT2D eigenvalue weighted by atomic mass is 16.5. The molecule has 0 aromatic heterocycles. The largest absolute Gasteiger partial charge is 0.380 e. The van der Waals surface area contributed by atoms with Crippen LogP contribution in [0, 0.1) is 0 Å². The molecule has 1 N–H and O–H groups in total. The van der Waals surface area contributed by atoms with Gasteiger partial charge in [-0.15, -0.1) is 0 Å². The average molecular weight is 270 g/mol. The highest BCUT2D eigenvalue weighted by molar-refractivity contribution is 5.75. The smallest absolute Gasteiger partial charge is 0.253 e. The summed E-state index contributed by atoms with van der Waals surface area (Å²) >= 11 is 0. The van der Waals surface area contributed by atoms with Gasteiger partial charge in [-0.2, -0.15) is 0 Å². The summed E-state index contributed by atoms with van der Waals surface area (Å²) in [7, 11) is 0. The van der Waals surface area contributed by atoms with E-state index in [9.17, 15) is 9.59 Å². The molecule has 1 saturated heterocycles. The van der Waals surface area contributed by atoms with Crippen LogP contribution in [0.5, 0.6) is 0 Å². The van der Waals surface area contributed by atoms with Crippen LogP contribution in [0.2, 0.25) is 0 Å². The second-order valence-electron chi connectivity index (χ2n) is 4.62. The Balaban J connectivity index is 0.000000830. The third-order valence-corrected chi connectivity index (χ3v) is 2.76. The van der Waals surface area contributed by atoms with Crippen molar-refractivity contribution in [2.45, 2.75) is 33.6 Å². The molecular formula is C14H26N2O3. The van der Waals surface area contributed by atoms with Gasteiger partial charge in [-0.1, -0.05) is 27.2 Å². The van der Waals surface area contributed by atoms with Gasteiger partial charge in [-0.25, -0.2) is 0 Å². The number of anilines is 2. The van der Waals surface area contributed by atoms with E-state index in [1.807, 2.05) is 11.8 Å². The summed E-state index contributed by atoms with van der Waals surface area (Å²) < 4.78 is 5.22. The molecule has 5 nitrogen and oxygen atoms in total. The van der Waals surface area contributed by atoms with Crippen LogP contribution in [0.15, 0.2) is 9.59 Å².